The van der Waals surface area contributed by atoms with E-state index in [4.69, 9.17) is 22.7 Å². The Hall–Kier alpha value is -1.86. The van der Waals surface area contributed by atoms with Crippen LogP contribution >= 0.6 is 12.2 Å². The molecule has 1 fully saturated rings. The maximum Gasteiger partial charge on any atom is 0.254 e. The molecule has 1 unspecified atom stereocenters. The van der Waals surface area contributed by atoms with E-state index in [2.05, 4.69) is 0 Å². The van der Waals surface area contributed by atoms with E-state index < -0.39 is 6.10 Å². The first-order valence-corrected chi connectivity index (χ1v) is 6.12. The van der Waals surface area contributed by atoms with Crippen molar-refractivity contribution < 1.29 is 19.7 Å². The molecular formula is C12H14N2O4S. The highest BCUT2D eigenvalue weighted by molar-refractivity contribution is 7.80. The number of thiocarbonyl (C=S) groups is 1. The Balaban J connectivity index is 2.14. The van der Waals surface area contributed by atoms with E-state index in [0.29, 0.717) is 18.7 Å². The monoisotopic (exact) mass is 282 g/mol. The van der Waals surface area contributed by atoms with E-state index in [0.717, 1.165) is 0 Å². The zero-order valence-electron chi connectivity index (χ0n) is 10.1. The minimum atomic E-state index is -0.446. The number of carbonyl (C=O) groups excluding carboxylic acids is 1. The van der Waals surface area contributed by atoms with Crippen LogP contribution in [0.1, 0.15) is 10.4 Å². The van der Waals surface area contributed by atoms with Crippen molar-refractivity contribution >= 4 is 23.1 Å². The van der Waals surface area contributed by atoms with Gasteiger partial charge >= 0.3 is 0 Å². The number of morpholine rings is 1. The predicted octanol–water partition coefficient (Wildman–Crippen LogP) is 0.225. The fourth-order valence-electron chi connectivity index (χ4n) is 1.84. The Bertz CT molecular complexity index is 520. The number of nitrogens with zero attached hydrogens (tertiary/aromatic N) is 1. The minimum absolute atomic E-state index is 0.214. The number of nitrogens with two attached hydrogens (primary N) is 1. The first-order chi connectivity index (χ1) is 8.99. The van der Waals surface area contributed by atoms with Crippen LogP contribution in [0.2, 0.25) is 0 Å². The number of carbonyl (C=O) groups is 1. The summed E-state index contributed by atoms with van der Waals surface area (Å²) in [6.45, 7) is 1.08. The fourth-order valence-corrected chi connectivity index (χ4v) is 1.99. The quantitative estimate of drug-likeness (QED) is 0.530. The van der Waals surface area contributed by atoms with Crippen LogP contribution in [-0.2, 0) is 4.74 Å². The van der Waals surface area contributed by atoms with E-state index in [9.17, 15) is 15.0 Å². The number of aromatic hydroxyl groups is 2. The van der Waals surface area contributed by atoms with Crippen LogP contribution in [0.4, 0.5) is 0 Å². The number of phenols is 2. The van der Waals surface area contributed by atoms with Crippen molar-refractivity contribution in [1.29, 1.82) is 0 Å². The molecule has 2 rings (SSSR count). The number of rotatable bonds is 2. The molecule has 4 N–H and O–H groups in total. The van der Waals surface area contributed by atoms with Crippen molar-refractivity contribution in [2.75, 3.05) is 19.7 Å². The molecule has 0 aliphatic carbocycles. The Morgan fingerprint density at radius 3 is 2.79 bits per heavy atom. The number of phenolic OH excluding ortho intramolecular Hbond substituents is 2. The van der Waals surface area contributed by atoms with Crippen molar-refractivity contribution in [3.8, 4) is 11.5 Å². The molecule has 19 heavy (non-hydrogen) atoms. The third-order valence-corrected chi connectivity index (χ3v) is 3.16. The topological polar surface area (TPSA) is 96.0 Å². The molecule has 1 aliphatic heterocycles. The molecule has 0 saturated carbocycles. The second-order valence-corrected chi connectivity index (χ2v) is 4.69. The molecule has 1 aromatic rings. The smallest absolute Gasteiger partial charge is 0.254 e. The summed E-state index contributed by atoms with van der Waals surface area (Å²) in [6, 6.07) is 3.94. The zero-order valence-corrected chi connectivity index (χ0v) is 10.9. The third-order valence-electron chi connectivity index (χ3n) is 2.89. The molecular weight excluding hydrogens is 268 g/mol. The molecule has 6 nitrogen and oxygen atoms in total. The Labute approximate surface area is 115 Å². The largest absolute Gasteiger partial charge is 0.504 e. The first kappa shape index (κ1) is 13.6. The van der Waals surface area contributed by atoms with Gasteiger partial charge in [-0.25, -0.2) is 0 Å². The lowest BCUT2D eigenvalue weighted by Gasteiger charge is -2.32. The molecule has 0 bridgehead atoms. The molecule has 102 valence electrons. The molecule has 7 heteroatoms. The van der Waals surface area contributed by atoms with Gasteiger partial charge in [-0.3, -0.25) is 4.79 Å². The maximum absolute atomic E-state index is 12.2. The van der Waals surface area contributed by atoms with Crippen molar-refractivity contribution in [3.05, 3.63) is 23.8 Å². The Morgan fingerprint density at radius 2 is 2.16 bits per heavy atom. The highest BCUT2D eigenvalue weighted by Gasteiger charge is 2.26. The van der Waals surface area contributed by atoms with Crippen LogP contribution in [0, 0.1) is 0 Å². The lowest BCUT2D eigenvalue weighted by Crippen LogP contribution is -2.49. The average Bonchev–Trinajstić information content (AvgIpc) is 2.41. The molecule has 1 amide bonds. The standard InChI is InChI=1S/C12H14N2O4S/c13-11(19)10-6-14(3-4-18-10)12(17)7-1-2-8(15)9(16)5-7/h1-2,5,10,15-16H,3-4,6H2,(H2,13,19). The summed E-state index contributed by atoms with van der Waals surface area (Å²) in [5.41, 5.74) is 5.80. The van der Waals surface area contributed by atoms with Gasteiger partial charge in [-0.05, 0) is 18.2 Å². The van der Waals surface area contributed by atoms with Crippen molar-refractivity contribution in [2.24, 2.45) is 5.73 Å². The maximum atomic E-state index is 12.2. The molecule has 1 atom stereocenters. The highest BCUT2D eigenvalue weighted by Crippen LogP contribution is 2.25. The van der Waals surface area contributed by atoms with Crippen LogP contribution < -0.4 is 5.73 Å². The molecule has 0 aromatic heterocycles. The van der Waals surface area contributed by atoms with Gasteiger partial charge in [0.25, 0.3) is 5.91 Å². The lowest BCUT2D eigenvalue weighted by atomic mass is 10.1. The average molecular weight is 282 g/mol. The third kappa shape index (κ3) is 2.94. The molecule has 1 aliphatic rings. The first-order valence-electron chi connectivity index (χ1n) is 5.71. The normalized spacial score (nSPS) is 19.2. The van der Waals surface area contributed by atoms with E-state index in [1.54, 1.807) is 4.90 Å². The summed E-state index contributed by atoms with van der Waals surface area (Å²) in [5, 5.41) is 18.6. The SMILES string of the molecule is NC(=S)C1CN(C(=O)c2ccc(O)c(O)c2)CCO1. The highest BCUT2D eigenvalue weighted by atomic mass is 32.1. The van der Waals surface area contributed by atoms with Gasteiger partial charge < -0.3 is 25.6 Å². The van der Waals surface area contributed by atoms with Crippen molar-refractivity contribution in [1.82, 2.24) is 4.90 Å². The van der Waals surface area contributed by atoms with Gasteiger partial charge in [0.2, 0.25) is 0 Å². The van der Waals surface area contributed by atoms with Gasteiger partial charge in [-0.15, -0.1) is 0 Å². The molecule has 0 radical (unpaired) electrons. The molecule has 1 heterocycles. The van der Waals surface area contributed by atoms with Gasteiger partial charge in [-0.1, -0.05) is 12.2 Å². The predicted molar refractivity (Wildman–Crippen MR) is 72.2 cm³/mol. The van der Waals surface area contributed by atoms with E-state index in [-0.39, 0.29) is 28.9 Å². The number of hydrogen-bond donors (Lipinski definition) is 3. The second-order valence-electron chi connectivity index (χ2n) is 4.22. The van der Waals surface area contributed by atoms with Crippen LogP contribution in [0.25, 0.3) is 0 Å². The summed E-state index contributed by atoms with van der Waals surface area (Å²) in [4.78, 5) is 14.0. The number of benzene rings is 1. The number of hydrogen-bond acceptors (Lipinski definition) is 5. The van der Waals surface area contributed by atoms with Gasteiger partial charge in [0, 0.05) is 12.1 Å². The fraction of sp³-hybridized carbons (Fsp3) is 0.333. The molecule has 1 saturated heterocycles. The second kappa shape index (κ2) is 5.41. The number of amides is 1. The Kier molecular flexibility index (Phi) is 3.87. The molecule has 0 spiro atoms. The van der Waals surface area contributed by atoms with Crippen LogP contribution in [-0.4, -0.2) is 51.8 Å². The summed E-state index contributed by atoms with van der Waals surface area (Å²) in [7, 11) is 0. The summed E-state index contributed by atoms with van der Waals surface area (Å²) >= 11 is 4.85. The lowest BCUT2D eigenvalue weighted by molar-refractivity contribution is 0.00877. The summed E-state index contributed by atoms with van der Waals surface area (Å²) in [6.07, 6.45) is -0.446. The van der Waals surface area contributed by atoms with Crippen LogP contribution in [0.3, 0.4) is 0 Å². The van der Waals surface area contributed by atoms with Gasteiger partial charge in [0.1, 0.15) is 11.1 Å². The summed E-state index contributed by atoms with van der Waals surface area (Å²) < 4.78 is 5.35. The van der Waals surface area contributed by atoms with E-state index in [1.807, 2.05) is 0 Å². The minimum Gasteiger partial charge on any atom is -0.504 e. The van der Waals surface area contributed by atoms with E-state index >= 15 is 0 Å². The van der Waals surface area contributed by atoms with Crippen LogP contribution in [0.15, 0.2) is 18.2 Å². The Morgan fingerprint density at radius 1 is 1.42 bits per heavy atom. The zero-order chi connectivity index (χ0) is 14.0. The van der Waals surface area contributed by atoms with Crippen LogP contribution in [0.5, 0.6) is 11.5 Å². The molecule has 1 aromatic carbocycles. The van der Waals surface area contributed by atoms with E-state index in [1.165, 1.54) is 18.2 Å². The van der Waals surface area contributed by atoms with Gasteiger partial charge in [-0.2, -0.15) is 0 Å². The van der Waals surface area contributed by atoms with Gasteiger partial charge in [0.05, 0.1) is 13.2 Å². The van der Waals surface area contributed by atoms with Crippen molar-refractivity contribution in [2.45, 2.75) is 6.10 Å². The number of ether oxygens (including phenoxy) is 1. The summed E-state index contributed by atoms with van der Waals surface area (Å²) in [5.74, 6) is -0.857. The van der Waals surface area contributed by atoms with Gasteiger partial charge in [0.15, 0.2) is 11.5 Å². The van der Waals surface area contributed by atoms with Crippen molar-refractivity contribution in [3.63, 3.8) is 0 Å².